The minimum absolute atomic E-state index is 0.291. The lowest BCUT2D eigenvalue weighted by atomic mass is 9.98. The number of aliphatic hydroxyl groups is 1. The largest absolute Gasteiger partial charge is 0.388 e. The second kappa shape index (κ2) is 2.21. The molecular weight excluding hydrogens is 126 g/mol. The minimum Gasteiger partial charge on any atom is -0.388 e. The molecule has 10 heavy (non-hydrogen) atoms. The molecule has 0 aromatic carbocycles. The number of hydrogen-bond acceptors (Lipinski definition) is 2. The first kappa shape index (κ1) is 6.62. The predicted molar refractivity (Wildman–Crippen MR) is 39.8 cm³/mol. The Bertz CT molecular complexity index is 125. The Kier molecular flexibility index (Phi) is 1.46. The van der Waals surface area contributed by atoms with Gasteiger partial charge in [0.15, 0.2) is 0 Å². The van der Waals surface area contributed by atoms with Crippen LogP contribution in [0.2, 0.25) is 0 Å². The summed E-state index contributed by atoms with van der Waals surface area (Å²) in [7, 11) is 0. The highest BCUT2D eigenvalue weighted by Gasteiger charge is 2.47. The maximum atomic E-state index is 9.69. The van der Waals surface area contributed by atoms with Crippen LogP contribution in [-0.4, -0.2) is 23.3 Å². The third-order valence-corrected chi connectivity index (χ3v) is 2.72. The van der Waals surface area contributed by atoms with Crippen molar-refractivity contribution in [1.82, 2.24) is 5.32 Å². The molecule has 1 aliphatic carbocycles. The Labute approximate surface area is 61.6 Å². The number of rotatable bonds is 1. The van der Waals surface area contributed by atoms with Gasteiger partial charge in [0.2, 0.25) is 0 Å². The van der Waals surface area contributed by atoms with Gasteiger partial charge in [-0.25, -0.2) is 0 Å². The highest BCUT2D eigenvalue weighted by Crippen LogP contribution is 2.40. The SMILES string of the molecule is OC1(C2CCCCN2)CC1. The first-order valence-corrected chi connectivity index (χ1v) is 4.27. The zero-order chi connectivity index (χ0) is 7.03. The van der Waals surface area contributed by atoms with E-state index in [1.54, 1.807) is 0 Å². The third kappa shape index (κ3) is 1.06. The van der Waals surface area contributed by atoms with Crippen molar-refractivity contribution in [1.29, 1.82) is 0 Å². The van der Waals surface area contributed by atoms with Gasteiger partial charge in [0.05, 0.1) is 5.60 Å². The highest BCUT2D eigenvalue weighted by molar-refractivity contribution is 5.03. The van der Waals surface area contributed by atoms with Gasteiger partial charge in [-0.1, -0.05) is 6.42 Å². The summed E-state index contributed by atoms with van der Waals surface area (Å²) in [6.45, 7) is 1.10. The van der Waals surface area contributed by atoms with E-state index in [-0.39, 0.29) is 5.60 Å². The van der Waals surface area contributed by atoms with E-state index < -0.39 is 0 Å². The van der Waals surface area contributed by atoms with E-state index >= 15 is 0 Å². The summed E-state index contributed by atoms with van der Waals surface area (Å²) in [5, 5.41) is 13.1. The predicted octanol–water partition coefficient (Wildman–Crippen LogP) is 0.653. The molecule has 2 aliphatic rings. The van der Waals surface area contributed by atoms with Gasteiger partial charge in [-0.05, 0) is 32.2 Å². The minimum atomic E-state index is -0.291. The Morgan fingerprint density at radius 2 is 2.10 bits per heavy atom. The molecule has 0 radical (unpaired) electrons. The van der Waals surface area contributed by atoms with Crippen LogP contribution in [0.4, 0.5) is 0 Å². The second-order valence-corrected chi connectivity index (χ2v) is 3.61. The summed E-state index contributed by atoms with van der Waals surface area (Å²) in [4.78, 5) is 0. The van der Waals surface area contributed by atoms with Crippen molar-refractivity contribution < 1.29 is 5.11 Å². The summed E-state index contributed by atoms with van der Waals surface area (Å²) in [5.41, 5.74) is -0.291. The first-order valence-electron chi connectivity index (χ1n) is 4.27. The fourth-order valence-electron chi connectivity index (χ4n) is 1.79. The smallest absolute Gasteiger partial charge is 0.0802 e. The van der Waals surface area contributed by atoms with Crippen LogP contribution in [0.1, 0.15) is 32.1 Å². The fourth-order valence-corrected chi connectivity index (χ4v) is 1.79. The second-order valence-electron chi connectivity index (χ2n) is 3.61. The maximum absolute atomic E-state index is 9.69. The Morgan fingerprint density at radius 1 is 1.30 bits per heavy atom. The number of hydrogen-bond donors (Lipinski definition) is 2. The maximum Gasteiger partial charge on any atom is 0.0802 e. The van der Waals surface area contributed by atoms with Crippen LogP contribution in [0.5, 0.6) is 0 Å². The summed E-state index contributed by atoms with van der Waals surface area (Å²) in [5.74, 6) is 0. The van der Waals surface area contributed by atoms with E-state index in [4.69, 9.17) is 0 Å². The van der Waals surface area contributed by atoms with Crippen LogP contribution in [-0.2, 0) is 0 Å². The van der Waals surface area contributed by atoms with Crippen LogP contribution in [0.25, 0.3) is 0 Å². The zero-order valence-electron chi connectivity index (χ0n) is 6.27. The van der Waals surface area contributed by atoms with E-state index in [0.29, 0.717) is 6.04 Å². The molecule has 0 aromatic rings. The molecule has 1 heterocycles. The topological polar surface area (TPSA) is 32.3 Å². The molecule has 2 rings (SSSR count). The third-order valence-electron chi connectivity index (χ3n) is 2.72. The van der Waals surface area contributed by atoms with Gasteiger partial charge in [0.25, 0.3) is 0 Å². The molecular formula is C8H15NO. The van der Waals surface area contributed by atoms with Crippen molar-refractivity contribution in [3.05, 3.63) is 0 Å². The first-order chi connectivity index (χ1) is 4.81. The fraction of sp³-hybridized carbons (Fsp3) is 1.00. The lowest BCUT2D eigenvalue weighted by Gasteiger charge is -2.27. The Morgan fingerprint density at radius 3 is 2.60 bits per heavy atom. The van der Waals surface area contributed by atoms with E-state index in [0.717, 1.165) is 19.4 Å². The van der Waals surface area contributed by atoms with E-state index in [2.05, 4.69) is 5.32 Å². The van der Waals surface area contributed by atoms with Gasteiger partial charge in [0.1, 0.15) is 0 Å². The molecule has 0 aromatic heterocycles. The van der Waals surface area contributed by atoms with Crippen molar-refractivity contribution >= 4 is 0 Å². The molecule has 2 fully saturated rings. The van der Waals surface area contributed by atoms with E-state index in [9.17, 15) is 5.11 Å². The molecule has 1 saturated carbocycles. The molecule has 2 N–H and O–H groups in total. The van der Waals surface area contributed by atoms with Crippen LogP contribution in [0.3, 0.4) is 0 Å². The van der Waals surface area contributed by atoms with Gasteiger partial charge < -0.3 is 10.4 Å². The quantitative estimate of drug-likeness (QED) is 0.562. The number of nitrogens with one attached hydrogen (secondary N) is 1. The Balaban J connectivity index is 1.91. The molecule has 1 saturated heterocycles. The van der Waals surface area contributed by atoms with E-state index in [1.165, 1.54) is 19.3 Å². The van der Waals surface area contributed by atoms with Crippen molar-refractivity contribution in [2.24, 2.45) is 0 Å². The average Bonchev–Trinajstić information content (AvgIpc) is 2.72. The number of piperidine rings is 1. The molecule has 58 valence electrons. The van der Waals surface area contributed by atoms with Crippen molar-refractivity contribution in [2.45, 2.75) is 43.7 Å². The van der Waals surface area contributed by atoms with Crippen LogP contribution < -0.4 is 5.32 Å². The normalized spacial score (nSPS) is 37.5. The highest BCUT2D eigenvalue weighted by atomic mass is 16.3. The summed E-state index contributed by atoms with van der Waals surface area (Å²) >= 11 is 0. The monoisotopic (exact) mass is 141 g/mol. The molecule has 1 aliphatic heterocycles. The van der Waals surface area contributed by atoms with Crippen molar-refractivity contribution in [3.63, 3.8) is 0 Å². The molecule has 1 atom stereocenters. The van der Waals surface area contributed by atoms with Gasteiger partial charge in [-0.2, -0.15) is 0 Å². The molecule has 2 nitrogen and oxygen atoms in total. The van der Waals surface area contributed by atoms with Crippen LogP contribution >= 0.6 is 0 Å². The molecule has 2 heteroatoms. The standard InChI is InChI=1S/C8H15NO/c10-8(4-5-8)7-3-1-2-6-9-7/h7,9-10H,1-6H2. The summed E-state index contributed by atoms with van der Waals surface area (Å²) in [6.07, 6.45) is 5.79. The van der Waals surface area contributed by atoms with Crippen LogP contribution in [0, 0.1) is 0 Å². The van der Waals surface area contributed by atoms with Gasteiger partial charge in [0, 0.05) is 6.04 Å². The summed E-state index contributed by atoms with van der Waals surface area (Å²) < 4.78 is 0. The lowest BCUT2D eigenvalue weighted by molar-refractivity contribution is 0.0892. The molecule has 0 amide bonds. The van der Waals surface area contributed by atoms with Crippen molar-refractivity contribution in [3.8, 4) is 0 Å². The van der Waals surface area contributed by atoms with E-state index in [1.807, 2.05) is 0 Å². The van der Waals surface area contributed by atoms with Crippen LogP contribution in [0.15, 0.2) is 0 Å². The van der Waals surface area contributed by atoms with Gasteiger partial charge in [-0.15, -0.1) is 0 Å². The molecule has 1 unspecified atom stereocenters. The summed E-state index contributed by atoms with van der Waals surface area (Å²) in [6, 6.07) is 0.418. The van der Waals surface area contributed by atoms with Gasteiger partial charge >= 0.3 is 0 Å². The average molecular weight is 141 g/mol. The van der Waals surface area contributed by atoms with Gasteiger partial charge in [-0.3, -0.25) is 0 Å². The lowest BCUT2D eigenvalue weighted by Crippen LogP contribution is -2.44. The van der Waals surface area contributed by atoms with Crippen molar-refractivity contribution in [2.75, 3.05) is 6.54 Å². The molecule has 0 spiro atoms. The molecule has 0 bridgehead atoms. The zero-order valence-corrected chi connectivity index (χ0v) is 6.27. The Hall–Kier alpha value is -0.0800.